The number of thiocarbonyl (C=S) groups is 1. The van der Waals surface area contributed by atoms with Gasteiger partial charge in [0.05, 0.1) is 16.3 Å². The monoisotopic (exact) mass is 600 g/mol. The van der Waals surface area contributed by atoms with Crippen molar-refractivity contribution in [1.82, 2.24) is 20.2 Å². The molecule has 1 saturated heterocycles. The highest BCUT2D eigenvalue weighted by Crippen LogP contribution is 2.34. The number of hydrazine groups is 1. The van der Waals surface area contributed by atoms with E-state index in [1.807, 2.05) is 79.0 Å². The molecule has 3 aromatic carbocycles. The van der Waals surface area contributed by atoms with Gasteiger partial charge in [0.1, 0.15) is 5.58 Å². The Hall–Kier alpha value is -3.99. The minimum Gasteiger partial charge on any atom is -0.451 e. The predicted octanol–water partition coefficient (Wildman–Crippen LogP) is 6.59. The van der Waals surface area contributed by atoms with E-state index in [0.29, 0.717) is 16.2 Å². The minimum absolute atomic E-state index is 0.0888. The second-order valence-electron chi connectivity index (χ2n) is 8.33. The van der Waals surface area contributed by atoms with Crippen LogP contribution in [0.3, 0.4) is 0 Å². The van der Waals surface area contributed by atoms with Crippen LogP contribution in [0, 0.1) is 0 Å². The number of halogens is 1. The fraction of sp³-hybridized carbons (Fsp3) is 0. The van der Waals surface area contributed by atoms with Gasteiger partial charge in [-0.3, -0.25) is 15.0 Å². The van der Waals surface area contributed by atoms with Crippen molar-refractivity contribution in [2.24, 2.45) is 0 Å². The molecule has 0 atom stereocenters. The van der Waals surface area contributed by atoms with Crippen molar-refractivity contribution in [1.29, 1.82) is 0 Å². The van der Waals surface area contributed by atoms with E-state index < -0.39 is 11.8 Å². The first-order valence-corrected chi connectivity index (χ1v) is 13.5. The van der Waals surface area contributed by atoms with Gasteiger partial charge in [-0.15, -0.1) is 0 Å². The summed E-state index contributed by atoms with van der Waals surface area (Å²) in [6, 6.07) is 26.4. The quantitative estimate of drug-likeness (QED) is 0.181. The molecule has 0 spiro atoms. The summed E-state index contributed by atoms with van der Waals surface area (Å²) in [5, 5.41) is 6.66. The largest absolute Gasteiger partial charge is 0.451 e. The number of amides is 2. The van der Waals surface area contributed by atoms with E-state index in [9.17, 15) is 9.59 Å². The highest BCUT2D eigenvalue weighted by molar-refractivity contribution is 9.10. The fourth-order valence-corrected chi connectivity index (χ4v) is 5.43. The number of furan rings is 1. The Morgan fingerprint density at radius 3 is 2.53 bits per heavy atom. The van der Waals surface area contributed by atoms with Gasteiger partial charge >= 0.3 is 5.91 Å². The Bertz CT molecular complexity index is 1710. The molecule has 7 nitrogen and oxygen atoms in total. The lowest BCUT2D eigenvalue weighted by Crippen LogP contribution is -2.44. The predicted molar refractivity (Wildman–Crippen MR) is 155 cm³/mol. The smallest absolute Gasteiger partial charge is 0.305 e. The number of carbonyl (C=O) groups is 2. The Morgan fingerprint density at radius 1 is 1.03 bits per heavy atom. The van der Waals surface area contributed by atoms with Crippen LogP contribution in [0.25, 0.3) is 34.0 Å². The summed E-state index contributed by atoms with van der Waals surface area (Å²) in [5.74, 6) is -0.907. The SMILES string of the molecule is O=C(NN1C(=O)/C(=C/c2cn(-c3ccccc3)nc2-c2ccc(Br)cc2)SC1=S)c1cc2ccccc2o1. The van der Waals surface area contributed by atoms with Crippen molar-refractivity contribution in [3.8, 4) is 16.9 Å². The van der Waals surface area contributed by atoms with Crippen molar-refractivity contribution in [2.75, 3.05) is 0 Å². The summed E-state index contributed by atoms with van der Waals surface area (Å²) in [6.45, 7) is 0. The third-order valence-electron chi connectivity index (χ3n) is 5.82. The molecule has 1 N–H and O–H groups in total. The zero-order valence-corrected chi connectivity index (χ0v) is 22.7. The van der Waals surface area contributed by atoms with Crippen LogP contribution in [0.2, 0.25) is 0 Å². The number of nitrogens with one attached hydrogen (secondary N) is 1. The number of hydrogen-bond donors (Lipinski definition) is 1. The second-order valence-corrected chi connectivity index (χ2v) is 10.9. The number of aromatic nitrogens is 2. The first-order chi connectivity index (χ1) is 18.5. The Morgan fingerprint density at radius 2 is 1.76 bits per heavy atom. The van der Waals surface area contributed by atoms with E-state index >= 15 is 0 Å². The van der Waals surface area contributed by atoms with E-state index in [2.05, 4.69) is 21.4 Å². The molecule has 186 valence electrons. The first-order valence-electron chi connectivity index (χ1n) is 11.4. The van der Waals surface area contributed by atoms with Crippen molar-refractivity contribution >= 4 is 73.1 Å². The summed E-state index contributed by atoms with van der Waals surface area (Å²) < 4.78 is 8.56. The third kappa shape index (κ3) is 4.69. The molecule has 10 heteroatoms. The summed E-state index contributed by atoms with van der Waals surface area (Å²) in [5.41, 5.74) is 6.38. The second kappa shape index (κ2) is 10.1. The molecule has 0 unspecified atom stereocenters. The fourth-order valence-electron chi connectivity index (χ4n) is 3.99. The summed E-state index contributed by atoms with van der Waals surface area (Å²) >= 11 is 10.0. The highest BCUT2D eigenvalue weighted by Gasteiger charge is 2.34. The van der Waals surface area contributed by atoms with E-state index in [-0.39, 0.29) is 10.1 Å². The van der Waals surface area contributed by atoms with Crippen LogP contribution < -0.4 is 5.43 Å². The lowest BCUT2D eigenvalue weighted by molar-refractivity contribution is -0.123. The van der Waals surface area contributed by atoms with Crippen LogP contribution in [0.15, 0.2) is 105 Å². The third-order valence-corrected chi connectivity index (χ3v) is 7.65. The molecule has 38 heavy (non-hydrogen) atoms. The van der Waals surface area contributed by atoms with Crippen molar-refractivity contribution in [3.63, 3.8) is 0 Å². The Kier molecular flexibility index (Phi) is 6.44. The van der Waals surface area contributed by atoms with Crippen molar-refractivity contribution in [3.05, 3.63) is 112 Å². The van der Waals surface area contributed by atoms with Gasteiger partial charge in [-0.05, 0) is 54.7 Å². The number of carbonyl (C=O) groups excluding carboxylic acids is 2. The molecule has 6 rings (SSSR count). The lowest BCUT2D eigenvalue weighted by atomic mass is 10.1. The number of fused-ring (bicyclic) bond motifs is 1. The van der Waals surface area contributed by atoms with Crippen LogP contribution in [0.5, 0.6) is 0 Å². The number of nitrogens with zero attached hydrogens (tertiary/aromatic N) is 3. The summed E-state index contributed by atoms with van der Waals surface area (Å²) in [6.07, 6.45) is 3.61. The molecular formula is C28H17BrN4O3S2. The van der Waals surface area contributed by atoms with Gasteiger partial charge in [0.15, 0.2) is 10.1 Å². The molecule has 2 amide bonds. The topological polar surface area (TPSA) is 80.4 Å². The van der Waals surface area contributed by atoms with Gasteiger partial charge < -0.3 is 4.42 Å². The zero-order chi connectivity index (χ0) is 26.2. The zero-order valence-electron chi connectivity index (χ0n) is 19.5. The van der Waals surface area contributed by atoms with Gasteiger partial charge in [0.25, 0.3) is 5.91 Å². The van der Waals surface area contributed by atoms with Crippen LogP contribution in [-0.4, -0.2) is 30.9 Å². The number of thioether (sulfide) groups is 1. The molecule has 0 aliphatic carbocycles. The number of hydrogen-bond acceptors (Lipinski definition) is 6. The number of rotatable bonds is 5. The Balaban J connectivity index is 1.31. The molecule has 0 radical (unpaired) electrons. The molecule has 1 aliphatic rings. The maximum atomic E-state index is 13.3. The minimum atomic E-state index is -0.564. The van der Waals surface area contributed by atoms with Gasteiger partial charge in [-0.2, -0.15) is 10.1 Å². The van der Waals surface area contributed by atoms with Crippen LogP contribution in [-0.2, 0) is 4.79 Å². The average molecular weight is 602 g/mol. The van der Waals surface area contributed by atoms with Gasteiger partial charge in [0, 0.05) is 27.2 Å². The van der Waals surface area contributed by atoms with Crippen molar-refractivity contribution in [2.45, 2.75) is 0 Å². The van der Waals surface area contributed by atoms with Gasteiger partial charge in [-0.25, -0.2) is 4.68 Å². The van der Waals surface area contributed by atoms with E-state index in [1.165, 1.54) is 0 Å². The molecule has 0 saturated carbocycles. The van der Waals surface area contributed by atoms with E-state index in [4.69, 9.17) is 21.7 Å². The average Bonchev–Trinajstić information content (AvgIpc) is 3.62. The molecule has 5 aromatic rings. The number of para-hydroxylation sites is 2. The van der Waals surface area contributed by atoms with Crippen LogP contribution in [0.4, 0.5) is 0 Å². The van der Waals surface area contributed by atoms with Crippen LogP contribution in [0.1, 0.15) is 16.1 Å². The molecule has 3 heterocycles. The van der Waals surface area contributed by atoms with Gasteiger partial charge in [-0.1, -0.05) is 76.2 Å². The highest BCUT2D eigenvalue weighted by atomic mass is 79.9. The van der Waals surface area contributed by atoms with Crippen LogP contribution >= 0.6 is 39.9 Å². The molecular weight excluding hydrogens is 584 g/mol. The molecule has 1 aliphatic heterocycles. The molecule has 2 aromatic heterocycles. The number of benzene rings is 3. The normalized spacial score (nSPS) is 14.6. The van der Waals surface area contributed by atoms with Crippen molar-refractivity contribution < 1.29 is 14.0 Å². The molecule has 1 fully saturated rings. The first kappa shape index (κ1) is 24.4. The van der Waals surface area contributed by atoms with E-state index in [0.717, 1.165) is 43.4 Å². The standard InChI is InChI=1S/C28H17BrN4O3S2/c29-20-12-10-17(11-13-20)25-19(16-32(30-25)21-7-2-1-3-8-21)15-24-27(35)33(28(37)38-24)31-26(34)23-14-18-6-4-5-9-22(18)36-23/h1-16H,(H,31,34)/b24-15-. The maximum absolute atomic E-state index is 13.3. The maximum Gasteiger partial charge on any atom is 0.305 e. The Labute approximate surface area is 235 Å². The summed E-state index contributed by atoms with van der Waals surface area (Å²) in [4.78, 5) is 26.5. The van der Waals surface area contributed by atoms with E-state index in [1.54, 1.807) is 22.9 Å². The lowest BCUT2D eigenvalue weighted by Gasteiger charge is -2.14. The summed E-state index contributed by atoms with van der Waals surface area (Å²) in [7, 11) is 0. The molecule has 0 bridgehead atoms. The van der Waals surface area contributed by atoms with Gasteiger partial charge in [0.2, 0.25) is 0 Å².